The van der Waals surface area contributed by atoms with Crippen LogP contribution in [0.3, 0.4) is 0 Å². The van der Waals surface area contributed by atoms with Gasteiger partial charge < -0.3 is 14.8 Å². The van der Waals surface area contributed by atoms with Crippen molar-refractivity contribution in [1.29, 1.82) is 0 Å². The van der Waals surface area contributed by atoms with Crippen LogP contribution in [0, 0.1) is 0 Å². The van der Waals surface area contributed by atoms with Crippen LogP contribution < -0.4 is 20.3 Å². The molecule has 0 unspecified atom stereocenters. The van der Waals surface area contributed by atoms with Crippen molar-refractivity contribution in [1.82, 2.24) is 9.66 Å². The van der Waals surface area contributed by atoms with Crippen molar-refractivity contribution >= 4 is 72.2 Å². The number of halogens is 3. The summed E-state index contributed by atoms with van der Waals surface area (Å²) >= 11 is 12.8. The minimum absolute atomic E-state index is 0.234. The van der Waals surface area contributed by atoms with Crippen molar-refractivity contribution in [3.05, 3.63) is 90.3 Å². The van der Waals surface area contributed by atoms with Crippen LogP contribution in [0.15, 0.2) is 73.4 Å². The summed E-state index contributed by atoms with van der Waals surface area (Å²) in [5, 5.41) is 8.23. The van der Waals surface area contributed by atoms with E-state index in [-0.39, 0.29) is 18.1 Å². The minimum Gasteiger partial charge on any atom is -0.490 e. The first-order valence-electron chi connectivity index (χ1n) is 11.7. The second-order valence-electron chi connectivity index (χ2n) is 8.01. The van der Waals surface area contributed by atoms with E-state index < -0.39 is 0 Å². The van der Waals surface area contributed by atoms with Crippen molar-refractivity contribution in [2.45, 2.75) is 20.3 Å². The van der Waals surface area contributed by atoms with E-state index in [1.807, 2.05) is 19.9 Å². The van der Waals surface area contributed by atoms with Gasteiger partial charge >= 0.3 is 0 Å². The molecule has 8 nitrogen and oxygen atoms in total. The zero-order valence-electron chi connectivity index (χ0n) is 20.5. The van der Waals surface area contributed by atoms with Gasteiger partial charge in [-0.2, -0.15) is 9.78 Å². The number of anilines is 1. The quantitative estimate of drug-likeness (QED) is 0.209. The molecule has 0 saturated heterocycles. The lowest BCUT2D eigenvalue weighted by Crippen LogP contribution is -2.22. The first-order valence-corrected chi connectivity index (χ1v) is 13.7. The average Bonchev–Trinajstić information content (AvgIpc) is 2.89. The molecular formula is C27H23Br2ClN4O4. The molecule has 1 N–H and O–H groups in total. The fourth-order valence-corrected chi connectivity index (χ4v) is 4.66. The third kappa shape index (κ3) is 6.61. The lowest BCUT2D eigenvalue weighted by atomic mass is 10.2. The molecule has 0 spiro atoms. The topological polar surface area (TPSA) is 94.8 Å². The van der Waals surface area contributed by atoms with Crippen molar-refractivity contribution in [2.75, 3.05) is 18.5 Å². The van der Waals surface area contributed by atoms with Crippen LogP contribution >= 0.6 is 43.5 Å². The number of fused-ring (bicyclic) bond motifs is 1. The van der Waals surface area contributed by atoms with Crippen molar-refractivity contribution < 1.29 is 14.3 Å². The number of amides is 1. The van der Waals surface area contributed by atoms with Gasteiger partial charge in [0, 0.05) is 21.6 Å². The van der Waals surface area contributed by atoms with Gasteiger partial charge in [-0.1, -0.05) is 34.5 Å². The molecule has 0 aliphatic carbocycles. The molecule has 0 saturated carbocycles. The molecule has 0 fully saturated rings. The van der Waals surface area contributed by atoms with Crippen LogP contribution in [0.1, 0.15) is 25.2 Å². The smallest absolute Gasteiger partial charge is 0.282 e. The highest BCUT2D eigenvalue weighted by Gasteiger charge is 2.15. The zero-order valence-corrected chi connectivity index (χ0v) is 24.4. The van der Waals surface area contributed by atoms with Crippen LogP contribution in [0.4, 0.5) is 5.69 Å². The molecule has 4 rings (SSSR count). The second kappa shape index (κ2) is 12.6. The van der Waals surface area contributed by atoms with E-state index in [0.717, 1.165) is 4.47 Å². The summed E-state index contributed by atoms with van der Waals surface area (Å²) < 4.78 is 14.2. The Hall–Kier alpha value is -3.21. The van der Waals surface area contributed by atoms with Gasteiger partial charge in [-0.25, -0.2) is 4.98 Å². The standard InChI is InChI=1S/C27H23Br2ClN4O4/c1-3-24-33-22-10-5-17(28)13-20(22)27(36)34(24)31-14-16-11-21(29)26(23(12-16)37-4-2)38-15-25(35)32-19-8-6-18(30)7-9-19/h5-14H,3-4,15H2,1-2H3,(H,32,35). The summed E-state index contributed by atoms with van der Waals surface area (Å²) in [5.74, 6) is 0.996. The molecule has 4 aromatic rings. The number of aromatic nitrogens is 2. The van der Waals surface area contributed by atoms with Crippen molar-refractivity contribution in [3.63, 3.8) is 0 Å². The Kier molecular flexibility index (Phi) is 9.19. The number of hydrogen-bond donors (Lipinski definition) is 1. The van der Waals surface area contributed by atoms with Crippen LogP contribution in [0.5, 0.6) is 11.5 Å². The maximum Gasteiger partial charge on any atom is 0.282 e. The van der Waals surface area contributed by atoms with Crippen LogP contribution in [-0.4, -0.2) is 35.0 Å². The molecule has 0 aliphatic heterocycles. The van der Waals surface area contributed by atoms with Crippen LogP contribution in [-0.2, 0) is 11.2 Å². The first kappa shape index (κ1) is 27.8. The summed E-state index contributed by atoms with van der Waals surface area (Å²) in [6.07, 6.45) is 2.08. The molecule has 1 heterocycles. The second-order valence-corrected chi connectivity index (χ2v) is 10.2. The fourth-order valence-electron chi connectivity index (χ4n) is 3.60. The fraction of sp³-hybridized carbons (Fsp3) is 0.185. The van der Waals surface area contributed by atoms with Gasteiger partial charge in [0.1, 0.15) is 5.82 Å². The maximum atomic E-state index is 13.2. The Morgan fingerprint density at radius 2 is 1.87 bits per heavy atom. The summed E-state index contributed by atoms with van der Waals surface area (Å²) in [6.45, 7) is 3.90. The number of benzene rings is 3. The number of carbonyl (C=O) groups is 1. The zero-order chi connectivity index (χ0) is 27.2. The van der Waals surface area contributed by atoms with Crippen LogP contribution in [0.25, 0.3) is 10.9 Å². The Balaban J connectivity index is 1.58. The Labute approximate surface area is 240 Å². The minimum atomic E-state index is -0.339. The van der Waals surface area contributed by atoms with Gasteiger partial charge in [-0.05, 0) is 83.0 Å². The highest BCUT2D eigenvalue weighted by Crippen LogP contribution is 2.36. The van der Waals surface area contributed by atoms with Crippen molar-refractivity contribution in [3.8, 4) is 11.5 Å². The molecule has 1 aromatic heterocycles. The third-order valence-electron chi connectivity index (χ3n) is 5.32. The molecule has 3 aromatic carbocycles. The van der Waals surface area contributed by atoms with Crippen molar-refractivity contribution in [2.24, 2.45) is 5.10 Å². The van der Waals surface area contributed by atoms with Gasteiger partial charge in [-0.3, -0.25) is 9.59 Å². The Bertz CT molecular complexity index is 1570. The Morgan fingerprint density at radius 1 is 1.11 bits per heavy atom. The van der Waals surface area contributed by atoms with E-state index >= 15 is 0 Å². The summed E-state index contributed by atoms with van der Waals surface area (Å²) in [5.41, 5.74) is 1.61. The summed E-state index contributed by atoms with van der Waals surface area (Å²) in [6, 6.07) is 15.7. The molecule has 196 valence electrons. The van der Waals surface area contributed by atoms with E-state index in [4.69, 9.17) is 21.1 Å². The molecule has 1 amide bonds. The summed E-state index contributed by atoms with van der Waals surface area (Å²) in [4.78, 5) is 30.1. The lowest BCUT2D eigenvalue weighted by Gasteiger charge is -2.15. The molecule has 0 aliphatic rings. The number of hydrogen-bond acceptors (Lipinski definition) is 6. The number of ether oxygens (including phenoxy) is 2. The first-order chi connectivity index (χ1) is 18.3. The van der Waals surface area contributed by atoms with Gasteiger partial charge in [0.2, 0.25) is 0 Å². The van der Waals surface area contributed by atoms with E-state index in [1.54, 1.807) is 54.7 Å². The monoisotopic (exact) mass is 660 g/mol. The summed E-state index contributed by atoms with van der Waals surface area (Å²) in [7, 11) is 0. The van der Waals surface area contributed by atoms with Gasteiger partial charge in [-0.15, -0.1) is 0 Å². The van der Waals surface area contributed by atoms with E-state index in [2.05, 4.69) is 47.3 Å². The number of carbonyl (C=O) groups excluding carboxylic acids is 1. The molecular weight excluding hydrogens is 640 g/mol. The lowest BCUT2D eigenvalue weighted by molar-refractivity contribution is -0.118. The number of nitrogens with zero attached hydrogens (tertiary/aromatic N) is 3. The molecule has 0 atom stereocenters. The van der Waals surface area contributed by atoms with E-state index in [9.17, 15) is 9.59 Å². The normalized spacial score (nSPS) is 11.2. The number of aryl methyl sites for hydroxylation is 1. The predicted molar refractivity (Wildman–Crippen MR) is 157 cm³/mol. The van der Waals surface area contributed by atoms with E-state index in [0.29, 0.717) is 62.0 Å². The Morgan fingerprint density at radius 3 is 2.58 bits per heavy atom. The predicted octanol–water partition coefficient (Wildman–Crippen LogP) is 6.44. The highest BCUT2D eigenvalue weighted by atomic mass is 79.9. The SMILES string of the molecule is CCOc1cc(C=Nn2c(CC)nc3ccc(Br)cc3c2=O)cc(Br)c1OCC(=O)Nc1ccc(Cl)cc1. The van der Waals surface area contributed by atoms with Gasteiger partial charge in [0.25, 0.3) is 11.5 Å². The largest absolute Gasteiger partial charge is 0.490 e. The average molecular weight is 663 g/mol. The molecule has 0 radical (unpaired) electrons. The number of rotatable bonds is 9. The molecule has 0 bridgehead atoms. The van der Waals surface area contributed by atoms with E-state index in [1.165, 1.54) is 4.68 Å². The molecule has 11 heteroatoms. The van der Waals surface area contributed by atoms with Gasteiger partial charge in [0.15, 0.2) is 18.1 Å². The third-order valence-corrected chi connectivity index (χ3v) is 6.66. The maximum absolute atomic E-state index is 13.2. The van der Waals surface area contributed by atoms with Gasteiger partial charge in [0.05, 0.1) is 28.2 Å². The van der Waals surface area contributed by atoms with Crippen LogP contribution in [0.2, 0.25) is 5.02 Å². The highest BCUT2D eigenvalue weighted by molar-refractivity contribution is 9.10. The number of nitrogens with one attached hydrogen (secondary N) is 1. The molecule has 38 heavy (non-hydrogen) atoms.